The smallest absolute Gasteiger partial charge is 0.343 e. The van der Waals surface area contributed by atoms with Crippen molar-refractivity contribution in [3.63, 3.8) is 0 Å². The first-order valence-electron chi connectivity index (χ1n) is 11.0. The van der Waals surface area contributed by atoms with Crippen molar-refractivity contribution < 1.29 is 33.4 Å². The van der Waals surface area contributed by atoms with E-state index in [2.05, 4.69) is 5.32 Å². The quantitative estimate of drug-likeness (QED) is 0.262. The maximum atomic E-state index is 12.8. The third-order valence-corrected chi connectivity index (χ3v) is 6.18. The molecule has 0 spiro atoms. The summed E-state index contributed by atoms with van der Waals surface area (Å²) in [7, 11) is 3.01. The number of rotatable bonds is 8. The number of benzene rings is 3. The number of hydrogen-bond donors (Lipinski definition) is 1. The summed E-state index contributed by atoms with van der Waals surface area (Å²) in [6.07, 6.45) is 1.54. The Morgan fingerprint density at radius 1 is 0.892 bits per heavy atom. The van der Waals surface area contributed by atoms with Crippen molar-refractivity contribution in [3.05, 3.63) is 88.8 Å². The Labute approximate surface area is 217 Å². The van der Waals surface area contributed by atoms with Gasteiger partial charge in [-0.1, -0.05) is 24.3 Å². The molecule has 10 heteroatoms. The van der Waals surface area contributed by atoms with Gasteiger partial charge in [-0.25, -0.2) is 4.79 Å². The molecule has 9 nitrogen and oxygen atoms in total. The van der Waals surface area contributed by atoms with Crippen molar-refractivity contribution >= 4 is 46.5 Å². The summed E-state index contributed by atoms with van der Waals surface area (Å²) in [5.41, 5.74) is 1.42. The second kappa shape index (κ2) is 11.4. The molecular weight excluding hydrogens is 496 g/mol. The molecule has 1 fully saturated rings. The number of methoxy groups -OCH3 is 2. The molecule has 1 heterocycles. The van der Waals surface area contributed by atoms with Crippen LogP contribution in [0.25, 0.3) is 6.08 Å². The van der Waals surface area contributed by atoms with Gasteiger partial charge in [-0.2, -0.15) is 0 Å². The molecule has 0 atom stereocenters. The molecule has 1 aliphatic rings. The highest BCUT2D eigenvalue weighted by Gasteiger charge is 2.36. The lowest BCUT2D eigenvalue weighted by Gasteiger charge is -2.14. The zero-order valence-corrected chi connectivity index (χ0v) is 20.7. The highest BCUT2D eigenvalue weighted by molar-refractivity contribution is 8.18. The fourth-order valence-corrected chi connectivity index (χ4v) is 4.23. The lowest BCUT2D eigenvalue weighted by atomic mass is 10.2. The minimum Gasteiger partial charge on any atom is -0.497 e. The minimum absolute atomic E-state index is 0.179. The van der Waals surface area contributed by atoms with Gasteiger partial charge < -0.3 is 19.5 Å². The van der Waals surface area contributed by atoms with Gasteiger partial charge >= 0.3 is 5.97 Å². The van der Waals surface area contributed by atoms with Gasteiger partial charge in [0.25, 0.3) is 11.1 Å². The van der Waals surface area contributed by atoms with Crippen molar-refractivity contribution in [2.24, 2.45) is 0 Å². The molecule has 0 saturated carbocycles. The molecule has 37 heavy (non-hydrogen) atoms. The number of carbonyl (C=O) groups is 4. The average molecular weight is 519 g/mol. The SMILES string of the molecule is COc1ccc(C(=O)Oc2ccc(/C=C3/SC(=O)N(CC(=O)Nc4ccccc4OC)C3=O)cc2)cc1. The van der Waals surface area contributed by atoms with Crippen LogP contribution in [0.2, 0.25) is 0 Å². The molecule has 0 bridgehead atoms. The number of para-hydroxylation sites is 2. The van der Waals surface area contributed by atoms with Gasteiger partial charge in [0.2, 0.25) is 5.91 Å². The number of nitrogens with zero attached hydrogens (tertiary/aromatic N) is 1. The molecule has 1 N–H and O–H groups in total. The van der Waals surface area contributed by atoms with Crippen LogP contribution < -0.4 is 19.5 Å². The Kier molecular flexibility index (Phi) is 7.89. The number of carbonyl (C=O) groups excluding carboxylic acids is 4. The van der Waals surface area contributed by atoms with Crippen molar-refractivity contribution in [3.8, 4) is 17.2 Å². The summed E-state index contributed by atoms with van der Waals surface area (Å²) in [6.45, 7) is -0.430. The van der Waals surface area contributed by atoms with Crippen molar-refractivity contribution in [1.82, 2.24) is 4.90 Å². The normalized spacial score (nSPS) is 14.0. The summed E-state index contributed by atoms with van der Waals surface area (Å²) in [5, 5.41) is 2.10. The van der Waals surface area contributed by atoms with Gasteiger partial charge in [0, 0.05) is 0 Å². The van der Waals surface area contributed by atoms with Gasteiger partial charge in [-0.15, -0.1) is 0 Å². The third-order valence-electron chi connectivity index (χ3n) is 5.27. The zero-order valence-electron chi connectivity index (χ0n) is 19.9. The van der Waals surface area contributed by atoms with Crippen molar-refractivity contribution in [2.45, 2.75) is 0 Å². The number of thioether (sulfide) groups is 1. The molecule has 3 aromatic carbocycles. The molecule has 1 saturated heterocycles. The first-order chi connectivity index (χ1) is 17.9. The lowest BCUT2D eigenvalue weighted by molar-refractivity contribution is -0.127. The largest absolute Gasteiger partial charge is 0.497 e. The first kappa shape index (κ1) is 25.5. The Morgan fingerprint density at radius 3 is 2.24 bits per heavy atom. The van der Waals surface area contributed by atoms with Crippen LogP contribution in [0.5, 0.6) is 17.2 Å². The number of ether oxygens (including phenoxy) is 3. The summed E-state index contributed by atoms with van der Waals surface area (Å²) in [4.78, 5) is 51.0. The maximum Gasteiger partial charge on any atom is 0.343 e. The number of amides is 3. The highest BCUT2D eigenvalue weighted by atomic mass is 32.2. The van der Waals surface area contributed by atoms with E-state index in [-0.39, 0.29) is 4.91 Å². The average Bonchev–Trinajstić information content (AvgIpc) is 3.17. The molecule has 0 aliphatic carbocycles. The second-order valence-corrected chi connectivity index (χ2v) is 8.70. The van der Waals surface area contributed by atoms with Crippen LogP contribution in [0, 0.1) is 0 Å². The lowest BCUT2D eigenvalue weighted by Crippen LogP contribution is -2.36. The first-order valence-corrected chi connectivity index (χ1v) is 11.8. The van der Waals surface area contributed by atoms with E-state index in [9.17, 15) is 19.2 Å². The predicted molar refractivity (Wildman–Crippen MR) is 139 cm³/mol. The Balaban J connectivity index is 1.38. The molecule has 0 radical (unpaired) electrons. The van der Waals surface area contributed by atoms with E-state index in [1.807, 2.05) is 0 Å². The molecule has 0 unspecified atom stereocenters. The van der Waals surface area contributed by atoms with E-state index in [4.69, 9.17) is 14.2 Å². The summed E-state index contributed by atoms with van der Waals surface area (Å²) in [5.74, 6) is -0.219. The molecule has 188 valence electrons. The molecular formula is C27H22N2O7S. The maximum absolute atomic E-state index is 12.8. The van der Waals surface area contributed by atoms with Crippen molar-refractivity contribution in [2.75, 3.05) is 26.1 Å². The van der Waals surface area contributed by atoms with Crippen molar-refractivity contribution in [1.29, 1.82) is 0 Å². The van der Waals surface area contributed by atoms with Gasteiger partial charge in [-0.05, 0) is 71.9 Å². The van der Waals surface area contributed by atoms with E-state index in [1.54, 1.807) is 72.8 Å². The highest BCUT2D eigenvalue weighted by Crippen LogP contribution is 2.32. The summed E-state index contributed by atoms with van der Waals surface area (Å²) < 4.78 is 15.6. The zero-order chi connectivity index (χ0) is 26.4. The van der Waals surface area contributed by atoms with Crippen LogP contribution in [-0.4, -0.2) is 48.7 Å². The molecule has 0 aromatic heterocycles. The molecule has 1 aliphatic heterocycles. The van der Waals surface area contributed by atoms with Gasteiger partial charge in [0.05, 0.1) is 30.4 Å². The Bertz CT molecular complexity index is 1370. The summed E-state index contributed by atoms with van der Waals surface area (Å²) >= 11 is 0.746. The topological polar surface area (TPSA) is 111 Å². The predicted octanol–water partition coefficient (Wildman–Crippen LogP) is 4.60. The second-order valence-electron chi connectivity index (χ2n) is 7.70. The number of esters is 1. The van der Waals surface area contributed by atoms with Crippen LogP contribution in [-0.2, 0) is 9.59 Å². The van der Waals surface area contributed by atoms with Crippen LogP contribution in [0.15, 0.2) is 77.7 Å². The van der Waals surface area contributed by atoms with E-state index >= 15 is 0 Å². The number of hydrogen-bond acceptors (Lipinski definition) is 8. The van der Waals surface area contributed by atoms with Gasteiger partial charge in [0.15, 0.2) is 0 Å². The molecule has 4 rings (SSSR count). The van der Waals surface area contributed by atoms with E-state index in [1.165, 1.54) is 20.3 Å². The standard InChI is InChI=1S/C27H22N2O7S/c1-34-19-13-9-18(10-14-19)26(32)36-20-11-7-17(8-12-20)15-23-25(31)29(27(33)37-23)16-24(30)28-21-5-3-4-6-22(21)35-2/h3-15H,16H2,1-2H3,(H,28,30)/b23-15+. The van der Waals surface area contributed by atoms with Crippen LogP contribution in [0.3, 0.4) is 0 Å². The Morgan fingerprint density at radius 2 is 1.57 bits per heavy atom. The van der Waals surface area contributed by atoms with Crippen LogP contribution in [0.4, 0.5) is 10.5 Å². The van der Waals surface area contributed by atoms with Gasteiger partial charge in [0.1, 0.15) is 23.8 Å². The number of anilines is 1. The fraction of sp³-hybridized carbons (Fsp3) is 0.111. The minimum atomic E-state index is -0.569. The number of nitrogens with one attached hydrogen (secondary N) is 1. The molecule has 3 amide bonds. The van der Waals surface area contributed by atoms with E-state index < -0.39 is 29.6 Å². The Hall–Kier alpha value is -4.57. The van der Waals surface area contributed by atoms with Gasteiger partial charge in [-0.3, -0.25) is 19.3 Å². The van der Waals surface area contributed by atoms with Crippen LogP contribution in [0.1, 0.15) is 15.9 Å². The fourth-order valence-electron chi connectivity index (χ4n) is 3.39. The van der Waals surface area contributed by atoms with E-state index in [0.29, 0.717) is 34.1 Å². The summed E-state index contributed by atoms with van der Waals surface area (Å²) in [6, 6.07) is 19.8. The van der Waals surface area contributed by atoms with Crippen LogP contribution >= 0.6 is 11.8 Å². The van der Waals surface area contributed by atoms with E-state index in [0.717, 1.165) is 16.7 Å². The number of imide groups is 1. The monoisotopic (exact) mass is 518 g/mol. The molecule has 3 aromatic rings. The third kappa shape index (κ3) is 6.17.